The molecule has 0 aliphatic carbocycles. The van der Waals surface area contributed by atoms with E-state index in [0.29, 0.717) is 6.54 Å². The monoisotopic (exact) mass is 375 g/mol. The van der Waals surface area contributed by atoms with E-state index < -0.39 is 5.97 Å². The highest BCUT2D eigenvalue weighted by molar-refractivity contribution is 14.1. The maximum Gasteiger partial charge on any atom is 0.304 e. The molecule has 1 aliphatic rings. The third-order valence-corrected chi connectivity index (χ3v) is 3.94. The Balaban J connectivity index is 1.74. The summed E-state index contributed by atoms with van der Waals surface area (Å²) in [4.78, 5) is 19.4. The van der Waals surface area contributed by atoms with Crippen molar-refractivity contribution in [1.82, 2.24) is 14.8 Å². The summed E-state index contributed by atoms with van der Waals surface area (Å²) in [6, 6.07) is 4.14. The van der Waals surface area contributed by atoms with E-state index in [9.17, 15) is 4.79 Å². The van der Waals surface area contributed by atoms with E-state index >= 15 is 0 Å². The van der Waals surface area contributed by atoms with Gasteiger partial charge >= 0.3 is 5.97 Å². The highest BCUT2D eigenvalue weighted by Crippen LogP contribution is 2.09. The van der Waals surface area contributed by atoms with Gasteiger partial charge in [0.15, 0.2) is 0 Å². The second-order valence-electron chi connectivity index (χ2n) is 4.75. The van der Waals surface area contributed by atoms with Crippen LogP contribution in [0.2, 0.25) is 0 Å². The molecule has 0 amide bonds. The van der Waals surface area contributed by atoms with Crippen molar-refractivity contribution in [3.8, 4) is 0 Å². The first-order chi connectivity index (χ1) is 9.13. The molecule has 0 spiro atoms. The smallest absolute Gasteiger partial charge is 0.304 e. The molecule has 2 rings (SSSR count). The Bertz CT molecular complexity index is 416. The molecule has 0 radical (unpaired) electrons. The Morgan fingerprint density at radius 1 is 1.26 bits per heavy atom. The zero-order valence-corrected chi connectivity index (χ0v) is 12.9. The summed E-state index contributed by atoms with van der Waals surface area (Å²) in [5.41, 5.74) is 1.24. The number of halogens is 1. The van der Waals surface area contributed by atoms with Gasteiger partial charge in [0, 0.05) is 45.5 Å². The molecule has 104 valence electrons. The molecule has 1 saturated heterocycles. The number of hydrogen-bond acceptors (Lipinski definition) is 4. The molecule has 1 fully saturated rings. The fraction of sp³-hybridized carbons (Fsp3) is 0.538. The predicted octanol–water partition coefficient (Wildman–Crippen LogP) is 1.28. The molecule has 1 aromatic heterocycles. The van der Waals surface area contributed by atoms with Crippen LogP contribution in [0.5, 0.6) is 0 Å². The maximum absolute atomic E-state index is 10.5. The number of piperazine rings is 1. The van der Waals surface area contributed by atoms with Gasteiger partial charge in [0.2, 0.25) is 0 Å². The molecule has 2 heterocycles. The van der Waals surface area contributed by atoms with Crippen LogP contribution in [0.15, 0.2) is 18.3 Å². The van der Waals surface area contributed by atoms with Gasteiger partial charge in [0.05, 0.1) is 6.42 Å². The van der Waals surface area contributed by atoms with Crippen molar-refractivity contribution in [2.45, 2.75) is 13.0 Å². The molecule has 5 nitrogen and oxygen atoms in total. The number of carbonyl (C=O) groups is 1. The number of carboxylic acids is 1. The first-order valence-corrected chi connectivity index (χ1v) is 7.48. The van der Waals surface area contributed by atoms with E-state index in [0.717, 1.165) is 36.4 Å². The second-order valence-corrected chi connectivity index (χ2v) is 5.86. The minimum Gasteiger partial charge on any atom is -0.481 e. The first-order valence-electron chi connectivity index (χ1n) is 6.40. The number of rotatable bonds is 5. The van der Waals surface area contributed by atoms with Crippen molar-refractivity contribution in [2.24, 2.45) is 0 Å². The third-order valence-electron chi connectivity index (χ3n) is 3.30. The fourth-order valence-corrected chi connectivity index (χ4v) is 2.50. The Kier molecular flexibility index (Phi) is 5.53. The molecule has 0 saturated carbocycles. The molecule has 1 N–H and O–H groups in total. The lowest BCUT2D eigenvalue weighted by atomic mass is 10.2. The fourth-order valence-electron chi connectivity index (χ4n) is 2.18. The number of nitrogens with zero attached hydrogens (tertiary/aromatic N) is 3. The summed E-state index contributed by atoms with van der Waals surface area (Å²) >= 11 is 2.20. The lowest BCUT2D eigenvalue weighted by Gasteiger charge is -2.34. The van der Waals surface area contributed by atoms with Gasteiger partial charge < -0.3 is 10.0 Å². The van der Waals surface area contributed by atoms with Crippen LogP contribution in [-0.2, 0) is 11.3 Å². The zero-order chi connectivity index (χ0) is 13.7. The molecule has 19 heavy (non-hydrogen) atoms. The number of hydrogen-bond donors (Lipinski definition) is 1. The minimum atomic E-state index is -0.715. The van der Waals surface area contributed by atoms with E-state index in [1.54, 1.807) is 0 Å². The van der Waals surface area contributed by atoms with Crippen LogP contribution < -0.4 is 0 Å². The van der Waals surface area contributed by atoms with Gasteiger partial charge in [0.1, 0.15) is 3.70 Å². The van der Waals surface area contributed by atoms with Crippen LogP contribution in [0.3, 0.4) is 0 Å². The number of aliphatic carboxylic acids is 1. The summed E-state index contributed by atoms with van der Waals surface area (Å²) in [6.07, 6.45) is 2.17. The van der Waals surface area contributed by atoms with Gasteiger partial charge in [-0.1, -0.05) is 6.07 Å². The topological polar surface area (TPSA) is 56.7 Å². The molecule has 1 aliphatic heterocycles. The molecule has 1 aromatic rings. The molecule has 0 aromatic carbocycles. The van der Waals surface area contributed by atoms with E-state index in [-0.39, 0.29) is 6.42 Å². The van der Waals surface area contributed by atoms with Crippen molar-refractivity contribution in [3.05, 3.63) is 27.6 Å². The van der Waals surface area contributed by atoms with Gasteiger partial charge in [-0.25, -0.2) is 0 Å². The van der Waals surface area contributed by atoms with Gasteiger partial charge in [-0.05, 0) is 34.2 Å². The Morgan fingerprint density at radius 2 is 1.95 bits per heavy atom. The molecule has 0 unspecified atom stereocenters. The lowest BCUT2D eigenvalue weighted by molar-refractivity contribution is -0.137. The Labute approximate surface area is 126 Å². The van der Waals surface area contributed by atoms with Crippen molar-refractivity contribution >= 4 is 28.6 Å². The van der Waals surface area contributed by atoms with Crippen molar-refractivity contribution < 1.29 is 9.90 Å². The molecular weight excluding hydrogens is 357 g/mol. The quantitative estimate of drug-likeness (QED) is 0.621. The molecule has 0 bridgehead atoms. The van der Waals surface area contributed by atoms with Crippen LogP contribution in [-0.4, -0.2) is 58.6 Å². The van der Waals surface area contributed by atoms with Crippen LogP contribution in [0.1, 0.15) is 12.0 Å². The SMILES string of the molecule is O=C(O)CCN1CCN(Cc2ccc(I)nc2)CC1. The Hall–Kier alpha value is -0.730. The van der Waals surface area contributed by atoms with Gasteiger partial charge in [-0.15, -0.1) is 0 Å². The summed E-state index contributed by atoms with van der Waals surface area (Å²) in [5, 5.41) is 8.67. The van der Waals surface area contributed by atoms with Crippen LogP contribution in [0.25, 0.3) is 0 Å². The van der Waals surface area contributed by atoms with Gasteiger partial charge in [-0.2, -0.15) is 0 Å². The Morgan fingerprint density at radius 3 is 2.53 bits per heavy atom. The normalized spacial score (nSPS) is 17.5. The largest absolute Gasteiger partial charge is 0.481 e. The zero-order valence-electron chi connectivity index (χ0n) is 10.8. The summed E-state index contributed by atoms with van der Waals surface area (Å²) in [6.45, 7) is 5.47. The van der Waals surface area contributed by atoms with Crippen LogP contribution >= 0.6 is 22.6 Å². The first kappa shape index (κ1) is 14.7. The van der Waals surface area contributed by atoms with Gasteiger partial charge in [0.25, 0.3) is 0 Å². The standard InChI is InChI=1S/C13H18IN3O2/c14-12-2-1-11(9-15-12)10-17-7-5-16(6-8-17)4-3-13(18)19/h1-2,9H,3-8,10H2,(H,18,19). The highest BCUT2D eigenvalue weighted by Gasteiger charge is 2.17. The summed E-state index contributed by atoms with van der Waals surface area (Å²) < 4.78 is 1.01. The molecular formula is C13H18IN3O2. The van der Waals surface area contributed by atoms with Crippen molar-refractivity contribution in [3.63, 3.8) is 0 Å². The summed E-state index contributed by atoms with van der Waals surface area (Å²) in [5.74, 6) is -0.715. The van der Waals surface area contributed by atoms with E-state index in [1.807, 2.05) is 12.3 Å². The number of aromatic nitrogens is 1. The predicted molar refractivity (Wildman–Crippen MR) is 80.9 cm³/mol. The summed E-state index contributed by atoms with van der Waals surface area (Å²) in [7, 11) is 0. The van der Waals surface area contributed by atoms with E-state index in [4.69, 9.17) is 5.11 Å². The molecule has 0 atom stereocenters. The van der Waals surface area contributed by atoms with Crippen LogP contribution in [0, 0.1) is 3.70 Å². The van der Waals surface area contributed by atoms with Crippen LogP contribution in [0.4, 0.5) is 0 Å². The van der Waals surface area contributed by atoms with Gasteiger partial charge in [-0.3, -0.25) is 14.7 Å². The highest BCUT2D eigenvalue weighted by atomic mass is 127. The van der Waals surface area contributed by atoms with Crippen molar-refractivity contribution in [2.75, 3.05) is 32.7 Å². The maximum atomic E-state index is 10.5. The number of carboxylic acid groups (broad SMARTS) is 1. The van der Waals surface area contributed by atoms with E-state index in [2.05, 4.69) is 43.4 Å². The second kappa shape index (κ2) is 7.16. The number of pyridine rings is 1. The average Bonchev–Trinajstić information content (AvgIpc) is 2.40. The molecule has 6 heteroatoms. The minimum absolute atomic E-state index is 0.237. The average molecular weight is 375 g/mol. The lowest BCUT2D eigenvalue weighted by Crippen LogP contribution is -2.46. The van der Waals surface area contributed by atoms with E-state index in [1.165, 1.54) is 5.56 Å². The third kappa shape index (κ3) is 5.04. The van der Waals surface area contributed by atoms with Crippen molar-refractivity contribution in [1.29, 1.82) is 0 Å².